The molecular weight excluding hydrogens is 232 g/mol. The average molecular weight is 252 g/mol. The quantitative estimate of drug-likeness (QED) is 0.624. The van der Waals surface area contributed by atoms with E-state index in [1.165, 1.54) is 6.07 Å². The van der Waals surface area contributed by atoms with Gasteiger partial charge in [0.2, 0.25) is 0 Å². The van der Waals surface area contributed by atoms with Crippen molar-refractivity contribution in [2.24, 2.45) is 0 Å². The van der Waals surface area contributed by atoms with E-state index in [1.807, 2.05) is 25.7 Å². The first kappa shape index (κ1) is 14.4. The third-order valence-corrected chi connectivity index (χ3v) is 2.82. The highest BCUT2D eigenvalue weighted by molar-refractivity contribution is 5.64. The van der Waals surface area contributed by atoms with Gasteiger partial charge in [-0.25, -0.2) is 0 Å². The third kappa shape index (κ3) is 3.20. The number of aliphatic hydroxyl groups excluding tert-OH is 1. The van der Waals surface area contributed by atoms with Crippen molar-refractivity contribution in [3.8, 4) is 0 Å². The number of nitro benzene ring substituents is 1. The molecule has 100 valence electrons. The van der Waals surface area contributed by atoms with E-state index >= 15 is 0 Å². The van der Waals surface area contributed by atoms with Crippen LogP contribution in [0.15, 0.2) is 18.2 Å². The van der Waals surface area contributed by atoms with Crippen molar-refractivity contribution < 1.29 is 10.0 Å². The monoisotopic (exact) mass is 252 g/mol. The highest BCUT2D eigenvalue weighted by atomic mass is 16.6. The van der Waals surface area contributed by atoms with Crippen molar-refractivity contribution in [3.05, 3.63) is 33.9 Å². The number of nitrogens with zero attached hydrogens (tertiary/aromatic N) is 2. The molecule has 5 heteroatoms. The molecule has 0 heterocycles. The minimum atomic E-state index is -0.389. The van der Waals surface area contributed by atoms with E-state index in [0.717, 1.165) is 13.0 Å². The molecule has 0 aliphatic rings. The molecular formula is C13H20N2O3. The van der Waals surface area contributed by atoms with Crippen molar-refractivity contribution in [1.29, 1.82) is 0 Å². The van der Waals surface area contributed by atoms with Gasteiger partial charge >= 0.3 is 0 Å². The first-order valence-corrected chi connectivity index (χ1v) is 6.16. The SMILES string of the molecule is CCCN(c1ccc(CO)cc1[N+](=O)[O-])C(C)C. The van der Waals surface area contributed by atoms with Gasteiger partial charge in [0.05, 0.1) is 11.5 Å². The first-order chi connectivity index (χ1) is 8.51. The summed E-state index contributed by atoms with van der Waals surface area (Å²) in [6.45, 7) is 6.66. The number of benzene rings is 1. The maximum absolute atomic E-state index is 11.1. The van der Waals surface area contributed by atoms with Gasteiger partial charge in [-0.2, -0.15) is 0 Å². The molecule has 0 aliphatic heterocycles. The van der Waals surface area contributed by atoms with Gasteiger partial charge in [-0.15, -0.1) is 0 Å². The van der Waals surface area contributed by atoms with E-state index in [4.69, 9.17) is 5.11 Å². The summed E-state index contributed by atoms with van der Waals surface area (Å²) in [5.74, 6) is 0. The number of anilines is 1. The summed E-state index contributed by atoms with van der Waals surface area (Å²) >= 11 is 0. The molecule has 1 aromatic rings. The van der Waals surface area contributed by atoms with Crippen LogP contribution in [-0.4, -0.2) is 22.6 Å². The fourth-order valence-corrected chi connectivity index (χ4v) is 1.95. The van der Waals surface area contributed by atoms with Gasteiger partial charge in [0.15, 0.2) is 0 Å². The van der Waals surface area contributed by atoms with Crippen LogP contribution in [-0.2, 0) is 6.61 Å². The molecule has 0 radical (unpaired) electrons. The van der Waals surface area contributed by atoms with Crippen LogP contribution >= 0.6 is 0 Å². The highest BCUT2D eigenvalue weighted by Gasteiger charge is 2.21. The van der Waals surface area contributed by atoms with Crippen LogP contribution in [0.5, 0.6) is 0 Å². The summed E-state index contributed by atoms with van der Waals surface area (Å²) in [5, 5.41) is 20.2. The zero-order chi connectivity index (χ0) is 13.7. The summed E-state index contributed by atoms with van der Waals surface area (Å²) < 4.78 is 0. The van der Waals surface area contributed by atoms with Crippen molar-refractivity contribution in [1.82, 2.24) is 0 Å². The predicted octanol–water partition coefficient (Wildman–Crippen LogP) is 2.71. The molecule has 0 atom stereocenters. The van der Waals surface area contributed by atoms with Crippen LogP contribution in [0.2, 0.25) is 0 Å². The Labute approximate surface area is 107 Å². The van der Waals surface area contributed by atoms with Gasteiger partial charge in [0.1, 0.15) is 5.69 Å². The first-order valence-electron chi connectivity index (χ1n) is 6.16. The van der Waals surface area contributed by atoms with Gasteiger partial charge in [-0.1, -0.05) is 13.0 Å². The average Bonchev–Trinajstić information content (AvgIpc) is 2.34. The van der Waals surface area contributed by atoms with E-state index < -0.39 is 0 Å². The van der Waals surface area contributed by atoms with Gasteiger partial charge < -0.3 is 10.0 Å². The van der Waals surface area contributed by atoms with Gasteiger partial charge in [0.25, 0.3) is 5.69 Å². The number of rotatable bonds is 6. The Hall–Kier alpha value is -1.62. The van der Waals surface area contributed by atoms with E-state index in [-0.39, 0.29) is 23.3 Å². The Morgan fingerprint density at radius 3 is 2.56 bits per heavy atom. The molecule has 0 fully saturated rings. The summed E-state index contributed by atoms with van der Waals surface area (Å²) in [7, 11) is 0. The normalized spacial score (nSPS) is 10.7. The van der Waals surface area contributed by atoms with Crippen LogP contribution in [0.1, 0.15) is 32.8 Å². The van der Waals surface area contributed by atoms with Crippen LogP contribution in [0, 0.1) is 10.1 Å². The number of hydrogen-bond donors (Lipinski definition) is 1. The van der Waals surface area contributed by atoms with Crippen molar-refractivity contribution >= 4 is 11.4 Å². The van der Waals surface area contributed by atoms with Crippen LogP contribution in [0.4, 0.5) is 11.4 Å². The van der Waals surface area contributed by atoms with Gasteiger partial charge in [-0.05, 0) is 31.9 Å². The minimum absolute atomic E-state index is 0.0590. The lowest BCUT2D eigenvalue weighted by Gasteiger charge is -2.28. The maximum Gasteiger partial charge on any atom is 0.292 e. The molecule has 0 aliphatic carbocycles. The van der Waals surface area contributed by atoms with Gasteiger partial charge in [-0.3, -0.25) is 10.1 Å². The molecule has 0 aromatic heterocycles. The van der Waals surface area contributed by atoms with Crippen LogP contribution in [0.25, 0.3) is 0 Å². The summed E-state index contributed by atoms with van der Waals surface area (Å²) in [4.78, 5) is 12.7. The molecule has 18 heavy (non-hydrogen) atoms. The Balaban J connectivity index is 3.24. The van der Waals surface area contributed by atoms with E-state index in [0.29, 0.717) is 11.3 Å². The Bertz CT molecular complexity index is 419. The molecule has 0 saturated heterocycles. The predicted molar refractivity (Wildman–Crippen MR) is 71.8 cm³/mol. The summed E-state index contributed by atoms with van der Waals surface area (Å²) in [5.41, 5.74) is 1.24. The van der Waals surface area contributed by atoms with E-state index in [2.05, 4.69) is 0 Å². The fourth-order valence-electron chi connectivity index (χ4n) is 1.95. The second-order valence-corrected chi connectivity index (χ2v) is 4.53. The summed E-state index contributed by atoms with van der Waals surface area (Å²) in [6.07, 6.45) is 0.928. The lowest BCUT2D eigenvalue weighted by atomic mass is 10.1. The third-order valence-electron chi connectivity index (χ3n) is 2.82. The van der Waals surface area contributed by atoms with E-state index in [9.17, 15) is 10.1 Å². The Morgan fingerprint density at radius 1 is 1.44 bits per heavy atom. The molecule has 1 N–H and O–H groups in total. The smallest absolute Gasteiger partial charge is 0.292 e. The molecule has 0 saturated carbocycles. The lowest BCUT2D eigenvalue weighted by molar-refractivity contribution is -0.384. The maximum atomic E-state index is 11.1. The largest absolute Gasteiger partial charge is 0.392 e. The number of nitro groups is 1. The molecule has 0 bridgehead atoms. The van der Waals surface area contributed by atoms with Gasteiger partial charge in [0, 0.05) is 18.7 Å². The van der Waals surface area contributed by atoms with Crippen molar-refractivity contribution in [2.45, 2.75) is 39.8 Å². The van der Waals surface area contributed by atoms with E-state index in [1.54, 1.807) is 12.1 Å². The second kappa shape index (κ2) is 6.35. The zero-order valence-corrected chi connectivity index (χ0v) is 11.1. The van der Waals surface area contributed by atoms with Crippen molar-refractivity contribution in [3.63, 3.8) is 0 Å². The molecule has 1 rings (SSSR count). The Kier molecular flexibility index (Phi) is 5.09. The topological polar surface area (TPSA) is 66.6 Å². The fraction of sp³-hybridized carbons (Fsp3) is 0.538. The number of hydrogen-bond acceptors (Lipinski definition) is 4. The number of aliphatic hydroxyl groups is 1. The molecule has 0 spiro atoms. The lowest BCUT2D eigenvalue weighted by Crippen LogP contribution is -2.32. The second-order valence-electron chi connectivity index (χ2n) is 4.53. The molecule has 0 amide bonds. The minimum Gasteiger partial charge on any atom is -0.392 e. The standard InChI is InChI=1S/C13H20N2O3/c1-4-7-14(10(2)3)12-6-5-11(9-16)8-13(12)15(17)18/h5-6,8,10,16H,4,7,9H2,1-3H3. The molecule has 1 aromatic carbocycles. The zero-order valence-electron chi connectivity index (χ0n) is 11.1. The van der Waals surface area contributed by atoms with Crippen LogP contribution in [0.3, 0.4) is 0 Å². The molecule has 5 nitrogen and oxygen atoms in total. The highest BCUT2D eigenvalue weighted by Crippen LogP contribution is 2.30. The van der Waals surface area contributed by atoms with Crippen LogP contribution < -0.4 is 4.90 Å². The van der Waals surface area contributed by atoms with Crippen molar-refractivity contribution in [2.75, 3.05) is 11.4 Å². The molecule has 0 unspecified atom stereocenters. The Morgan fingerprint density at radius 2 is 2.11 bits per heavy atom. The summed E-state index contributed by atoms with van der Waals surface area (Å²) in [6, 6.07) is 5.09.